The Kier molecular flexibility index (Phi) is 5.58. The molecule has 0 radical (unpaired) electrons. The van der Waals surface area contributed by atoms with Crippen LogP contribution in [0.5, 0.6) is 0 Å². The van der Waals surface area contributed by atoms with Crippen LogP contribution >= 0.6 is 0 Å². The van der Waals surface area contributed by atoms with Crippen LogP contribution in [-0.2, 0) is 6.42 Å². The third kappa shape index (κ3) is 4.16. The lowest BCUT2D eigenvalue weighted by Gasteiger charge is -2.31. The highest BCUT2D eigenvalue weighted by molar-refractivity contribution is 5.30. The van der Waals surface area contributed by atoms with Gasteiger partial charge in [0.2, 0.25) is 5.95 Å². The topological polar surface area (TPSA) is 55.0 Å². The number of anilines is 1. The maximum absolute atomic E-state index is 5.72. The van der Waals surface area contributed by atoms with E-state index in [0.29, 0.717) is 5.92 Å². The summed E-state index contributed by atoms with van der Waals surface area (Å²) >= 11 is 0. The summed E-state index contributed by atoms with van der Waals surface area (Å²) in [5, 5.41) is 0. The van der Waals surface area contributed by atoms with Crippen molar-refractivity contribution in [3.05, 3.63) is 18.0 Å². The van der Waals surface area contributed by atoms with E-state index >= 15 is 0 Å². The lowest BCUT2D eigenvalue weighted by Crippen LogP contribution is -2.37. The van der Waals surface area contributed by atoms with Gasteiger partial charge in [0, 0.05) is 25.5 Å². The van der Waals surface area contributed by atoms with Crippen molar-refractivity contribution in [2.24, 2.45) is 11.7 Å². The Hall–Kier alpha value is -1.16. The van der Waals surface area contributed by atoms with Crippen LogP contribution in [0.4, 0.5) is 5.95 Å². The molecule has 106 valence electrons. The zero-order valence-electron chi connectivity index (χ0n) is 12.0. The van der Waals surface area contributed by atoms with Crippen LogP contribution in [0, 0.1) is 5.92 Å². The molecular weight excluding hydrogens is 236 g/mol. The van der Waals surface area contributed by atoms with Crippen LogP contribution in [0.1, 0.15) is 44.6 Å². The number of hydrogen-bond donors (Lipinski definition) is 1. The zero-order valence-corrected chi connectivity index (χ0v) is 12.0. The number of piperidine rings is 1. The number of nitrogens with two attached hydrogens (primary N) is 1. The Morgan fingerprint density at radius 2 is 1.89 bits per heavy atom. The minimum Gasteiger partial charge on any atom is -0.341 e. The highest BCUT2D eigenvalue weighted by atomic mass is 15.2. The summed E-state index contributed by atoms with van der Waals surface area (Å²) in [6.07, 6.45) is 11.2. The van der Waals surface area contributed by atoms with Gasteiger partial charge in [-0.2, -0.15) is 0 Å². The Bertz CT molecular complexity index is 355. The van der Waals surface area contributed by atoms with Gasteiger partial charge < -0.3 is 10.6 Å². The molecule has 0 bridgehead atoms. The average molecular weight is 262 g/mol. The van der Waals surface area contributed by atoms with Crippen molar-refractivity contribution in [2.75, 3.05) is 24.5 Å². The Morgan fingerprint density at radius 3 is 2.47 bits per heavy atom. The van der Waals surface area contributed by atoms with Crippen LogP contribution in [-0.4, -0.2) is 29.6 Å². The molecule has 0 atom stereocenters. The van der Waals surface area contributed by atoms with Crippen molar-refractivity contribution in [2.45, 2.75) is 45.4 Å². The van der Waals surface area contributed by atoms with Gasteiger partial charge in [-0.25, -0.2) is 9.97 Å². The molecule has 19 heavy (non-hydrogen) atoms. The Labute approximate surface area is 116 Å². The largest absolute Gasteiger partial charge is 0.341 e. The van der Waals surface area contributed by atoms with E-state index in [0.717, 1.165) is 44.8 Å². The van der Waals surface area contributed by atoms with E-state index in [1.807, 2.05) is 12.4 Å². The second kappa shape index (κ2) is 7.43. The van der Waals surface area contributed by atoms with Gasteiger partial charge >= 0.3 is 0 Å². The third-order valence-electron chi connectivity index (χ3n) is 3.99. The van der Waals surface area contributed by atoms with Gasteiger partial charge in [-0.3, -0.25) is 0 Å². The standard InChI is InChI=1S/C15H26N4/c1-2-3-4-5-14-11-17-15(18-12-14)19-8-6-13(10-16)7-9-19/h11-13H,2-10,16H2,1H3. The van der Waals surface area contributed by atoms with Gasteiger partial charge in [0.1, 0.15) is 0 Å². The molecule has 1 aliphatic rings. The van der Waals surface area contributed by atoms with E-state index in [9.17, 15) is 0 Å². The highest BCUT2D eigenvalue weighted by Crippen LogP contribution is 2.19. The first-order valence-electron chi connectivity index (χ1n) is 7.59. The van der Waals surface area contributed by atoms with Crippen molar-refractivity contribution in [3.8, 4) is 0 Å². The molecule has 0 aromatic carbocycles. The van der Waals surface area contributed by atoms with Crippen molar-refractivity contribution in [3.63, 3.8) is 0 Å². The van der Waals surface area contributed by atoms with Gasteiger partial charge in [0.15, 0.2) is 0 Å². The molecule has 1 fully saturated rings. The summed E-state index contributed by atoms with van der Waals surface area (Å²) < 4.78 is 0. The molecule has 1 aliphatic heterocycles. The summed E-state index contributed by atoms with van der Waals surface area (Å²) in [5.41, 5.74) is 6.97. The fourth-order valence-electron chi connectivity index (χ4n) is 2.59. The first-order chi connectivity index (χ1) is 9.33. The third-order valence-corrected chi connectivity index (χ3v) is 3.99. The molecule has 0 aliphatic carbocycles. The van der Waals surface area contributed by atoms with Crippen LogP contribution in [0.2, 0.25) is 0 Å². The molecule has 0 saturated carbocycles. The average Bonchev–Trinajstić information content (AvgIpc) is 2.48. The fraction of sp³-hybridized carbons (Fsp3) is 0.733. The molecule has 0 amide bonds. The predicted octanol–water partition coefficient (Wildman–Crippen LogP) is 2.38. The fourth-order valence-corrected chi connectivity index (χ4v) is 2.59. The highest BCUT2D eigenvalue weighted by Gasteiger charge is 2.19. The summed E-state index contributed by atoms with van der Waals surface area (Å²) in [6.45, 7) is 5.11. The molecular formula is C15H26N4. The first-order valence-corrected chi connectivity index (χ1v) is 7.59. The number of aryl methyl sites for hydroxylation is 1. The summed E-state index contributed by atoms with van der Waals surface area (Å²) in [7, 11) is 0. The Morgan fingerprint density at radius 1 is 1.21 bits per heavy atom. The van der Waals surface area contributed by atoms with Gasteiger partial charge in [-0.05, 0) is 43.7 Å². The minimum atomic E-state index is 0.685. The van der Waals surface area contributed by atoms with Crippen LogP contribution < -0.4 is 10.6 Å². The molecule has 4 nitrogen and oxygen atoms in total. The van der Waals surface area contributed by atoms with E-state index in [2.05, 4.69) is 21.8 Å². The molecule has 2 N–H and O–H groups in total. The summed E-state index contributed by atoms with van der Waals surface area (Å²) in [5.74, 6) is 1.57. The van der Waals surface area contributed by atoms with Crippen molar-refractivity contribution >= 4 is 5.95 Å². The van der Waals surface area contributed by atoms with Gasteiger partial charge in [-0.15, -0.1) is 0 Å². The predicted molar refractivity (Wildman–Crippen MR) is 79.3 cm³/mol. The molecule has 4 heteroatoms. The molecule has 2 rings (SSSR count). The molecule has 0 unspecified atom stereocenters. The van der Waals surface area contributed by atoms with E-state index in [1.165, 1.54) is 24.8 Å². The lowest BCUT2D eigenvalue weighted by atomic mass is 9.97. The number of hydrogen-bond acceptors (Lipinski definition) is 4. The van der Waals surface area contributed by atoms with Crippen LogP contribution in [0.3, 0.4) is 0 Å². The second-order valence-electron chi connectivity index (χ2n) is 5.51. The van der Waals surface area contributed by atoms with Crippen LogP contribution in [0.25, 0.3) is 0 Å². The van der Waals surface area contributed by atoms with E-state index in [1.54, 1.807) is 0 Å². The summed E-state index contributed by atoms with van der Waals surface area (Å²) in [4.78, 5) is 11.3. The van der Waals surface area contributed by atoms with Crippen molar-refractivity contribution in [1.82, 2.24) is 9.97 Å². The van der Waals surface area contributed by atoms with Gasteiger partial charge in [0.25, 0.3) is 0 Å². The maximum atomic E-state index is 5.72. The number of rotatable bonds is 6. The molecule has 0 spiro atoms. The maximum Gasteiger partial charge on any atom is 0.225 e. The Balaban J connectivity index is 1.84. The van der Waals surface area contributed by atoms with E-state index in [4.69, 9.17) is 5.73 Å². The first kappa shape index (κ1) is 14.3. The molecule has 2 heterocycles. The molecule has 1 aromatic rings. The SMILES string of the molecule is CCCCCc1cnc(N2CCC(CN)CC2)nc1. The monoisotopic (exact) mass is 262 g/mol. The minimum absolute atomic E-state index is 0.685. The van der Waals surface area contributed by atoms with E-state index in [-0.39, 0.29) is 0 Å². The zero-order chi connectivity index (χ0) is 13.5. The molecule has 1 aromatic heterocycles. The van der Waals surface area contributed by atoms with Crippen molar-refractivity contribution < 1.29 is 0 Å². The number of unbranched alkanes of at least 4 members (excludes halogenated alkanes) is 2. The quantitative estimate of drug-likeness (QED) is 0.800. The van der Waals surface area contributed by atoms with E-state index < -0.39 is 0 Å². The summed E-state index contributed by atoms with van der Waals surface area (Å²) in [6, 6.07) is 0. The molecule has 1 saturated heterocycles. The lowest BCUT2D eigenvalue weighted by molar-refractivity contribution is 0.411. The normalized spacial score (nSPS) is 16.8. The number of aromatic nitrogens is 2. The number of nitrogens with zero attached hydrogens (tertiary/aromatic N) is 3. The smallest absolute Gasteiger partial charge is 0.225 e. The van der Waals surface area contributed by atoms with Crippen LogP contribution in [0.15, 0.2) is 12.4 Å². The van der Waals surface area contributed by atoms with Gasteiger partial charge in [-0.1, -0.05) is 19.8 Å². The van der Waals surface area contributed by atoms with Crippen molar-refractivity contribution in [1.29, 1.82) is 0 Å². The van der Waals surface area contributed by atoms with Gasteiger partial charge in [0.05, 0.1) is 0 Å². The second-order valence-corrected chi connectivity index (χ2v) is 5.51.